The lowest BCUT2D eigenvalue weighted by Gasteiger charge is -2.14. The Hall–Kier alpha value is -0.570. The molecule has 0 N–H and O–H groups in total. The normalized spacial score (nSPS) is 10.6. The molecule has 0 bridgehead atoms. The number of hydrogen-bond donors (Lipinski definition) is 0. The number of ether oxygens (including phenoxy) is 1. The van der Waals surface area contributed by atoms with Crippen LogP contribution in [0.4, 0.5) is 0 Å². The van der Waals surface area contributed by atoms with Crippen molar-refractivity contribution in [2.45, 2.75) is 39.5 Å². The summed E-state index contributed by atoms with van der Waals surface area (Å²) >= 11 is 0. The molecule has 0 heterocycles. The zero-order valence-electron chi connectivity index (χ0n) is 9.71. The van der Waals surface area contributed by atoms with Crippen LogP contribution in [-0.4, -0.2) is 37.6 Å². The van der Waals surface area contributed by atoms with E-state index >= 15 is 0 Å². The molecule has 3 heteroatoms. The molecule has 0 aromatic carbocycles. The van der Waals surface area contributed by atoms with Crippen molar-refractivity contribution in [3.63, 3.8) is 0 Å². The molecule has 0 aliphatic rings. The van der Waals surface area contributed by atoms with Gasteiger partial charge in [-0.05, 0) is 26.4 Å². The molecule has 0 saturated heterocycles. The monoisotopic (exact) mass is 201 g/mol. The maximum absolute atomic E-state index is 11.2. The summed E-state index contributed by atoms with van der Waals surface area (Å²) in [4.78, 5) is 13.2. The maximum Gasteiger partial charge on any atom is 0.320 e. The number of likely N-dealkylation sites (N-methyl/N-ethyl adjacent to an activating group) is 1. The number of esters is 1. The lowest BCUT2D eigenvalue weighted by atomic mass is 10.3. The molecule has 0 aromatic rings. The summed E-state index contributed by atoms with van der Waals surface area (Å²) in [6, 6.07) is 0. The lowest BCUT2D eigenvalue weighted by molar-refractivity contribution is -0.144. The minimum absolute atomic E-state index is 0.1000. The first-order chi connectivity index (χ1) is 6.70. The molecule has 0 unspecified atom stereocenters. The van der Waals surface area contributed by atoms with Crippen molar-refractivity contribution < 1.29 is 9.53 Å². The average molecular weight is 201 g/mol. The maximum atomic E-state index is 11.2. The van der Waals surface area contributed by atoms with Gasteiger partial charge in [-0.2, -0.15) is 0 Å². The number of unbranched alkanes of at least 4 members (excludes halogenated alkanes) is 2. The van der Waals surface area contributed by atoms with E-state index < -0.39 is 0 Å². The molecule has 0 radical (unpaired) electrons. The summed E-state index contributed by atoms with van der Waals surface area (Å²) in [5.74, 6) is -0.1000. The Balaban J connectivity index is 3.40. The van der Waals surface area contributed by atoms with Gasteiger partial charge < -0.3 is 4.74 Å². The molecule has 0 aliphatic heterocycles. The van der Waals surface area contributed by atoms with Gasteiger partial charge in [0.05, 0.1) is 13.2 Å². The average Bonchev–Trinajstić information content (AvgIpc) is 2.15. The lowest BCUT2D eigenvalue weighted by Crippen LogP contribution is -2.28. The Bertz CT molecular complexity index is 148. The summed E-state index contributed by atoms with van der Waals surface area (Å²) < 4.78 is 5.05. The van der Waals surface area contributed by atoms with Gasteiger partial charge in [0.1, 0.15) is 0 Å². The fraction of sp³-hybridized carbons (Fsp3) is 0.909. The van der Waals surface area contributed by atoms with Gasteiger partial charge in [-0.25, -0.2) is 0 Å². The quantitative estimate of drug-likeness (QED) is 0.445. The van der Waals surface area contributed by atoms with Gasteiger partial charge in [0.25, 0.3) is 0 Å². The van der Waals surface area contributed by atoms with E-state index in [-0.39, 0.29) is 5.97 Å². The third-order valence-corrected chi connectivity index (χ3v) is 2.05. The first-order valence-corrected chi connectivity index (χ1v) is 5.54. The van der Waals surface area contributed by atoms with E-state index in [9.17, 15) is 4.79 Å². The van der Waals surface area contributed by atoms with Gasteiger partial charge in [-0.1, -0.05) is 26.7 Å². The van der Waals surface area contributed by atoms with E-state index in [4.69, 9.17) is 4.74 Å². The topological polar surface area (TPSA) is 29.5 Å². The zero-order chi connectivity index (χ0) is 10.8. The second kappa shape index (κ2) is 9.00. The predicted molar refractivity (Wildman–Crippen MR) is 58.3 cm³/mol. The number of nitrogens with zero attached hydrogens (tertiary/aromatic N) is 1. The molecule has 0 rings (SSSR count). The van der Waals surface area contributed by atoms with Gasteiger partial charge in [-0.15, -0.1) is 0 Å². The molecule has 0 spiro atoms. The first-order valence-electron chi connectivity index (χ1n) is 5.54. The molecule has 3 nitrogen and oxygen atoms in total. The number of hydrogen-bond acceptors (Lipinski definition) is 3. The summed E-state index contributed by atoms with van der Waals surface area (Å²) in [6.07, 6.45) is 4.33. The molecular weight excluding hydrogens is 178 g/mol. The van der Waals surface area contributed by atoms with Crippen LogP contribution >= 0.6 is 0 Å². The fourth-order valence-corrected chi connectivity index (χ4v) is 1.10. The predicted octanol–water partition coefficient (Wildman–Crippen LogP) is 2.06. The molecule has 0 aliphatic carbocycles. The number of carbonyl (C=O) groups excluding carboxylic acids is 1. The zero-order valence-corrected chi connectivity index (χ0v) is 9.71. The van der Waals surface area contributed by atoms with E-state index in [1.165, 1.54) is 0 Å². The van der Waals surface area contributed by atoms with Crippen LogP contribution < -0.4 is 0 Å². The van der Waals surface area contributed by atoms with E-state index in [0.717, 1.165) is 32.2 Å². The number of carbonyl (C=O) groups is 1. The minimum Gasteiger partial charge on any atom is -0.465 e. The smallest absolute Gasteiger partial charge is 0.320 e. The molecule has 84 valence electrons. The Morgan fingerprint density at radius 2 is 1.86 bits per heavy atom. The fourth-order valence-electron chi connectivity index (χ4n) is 1.10. The third-order valence-electron chi connectivity index (χ3n) is 2.05. The van der Waals surface area contributed by atoms with Gasteiger partial charge in [0.2, 0.25) is 0 Å². The van der Waals surface area contributed by atoms with Crippen molar-refractivity contribution in [3.05, 3.63) is 0 Å². The van der Waals surface area contributed by atoms with Crippen LogP contribution in [0.25, 0.3) is 0 Å². The third kappa shape index (κ3) is 8.05. The second-order valence-electron chi connectivity index (χ2n) is 3.67. The molecule has 0 fully saturated rings. The summed E-state index contributed by atoms with van der Waals surface area (Å²) in [5.41, 5.74) is 0. The Kier molecular flexibility index (Phi) is 8.64. The standard InChI is InChI=1S/C11H23NO2/c1-4-6-8-12(3)10-11(13)14-9-7-5-2/h4-10H2,1-3H3. The van der Waals surface area contributed by atoms with E-state index in [1.54, 1.807) is 0 Å². The van der Waals surface area contributed by atoms with Crippen LogP contribution in [-0.2, 0) is 9.53 Å². The highest BCUT2D eigenvalue weighted by molar-refractivity contribution is 5.71. The Morgan fingerprint density at radius 1 is 1.21 bits per heavy atom. The van der Waals surface area contributed by atoms with Crippen LogP contribution in [0.15, 0.2) is 0 Å². The van der Waals surface area contributed by atoms with Gasteiger partial charge in [-0.3, -0.25) is 9.69 Å². The highest BCUT2D eigenvalue weighted by Gasteiger charge is 2.06. The van der Waals surface area contributed by atoms with E-state index in [2.05, 4.69) is 13.8 Å². The van der Waals surface area contributed by atoms with Crippen LogP contribution in [0.3, 0.4) is 0 Å². The second-order valence-corrected chi connectivity index (χ2v) is 3.67. The van der Waals surface area contributed by atoms with E-state index in [0.29, 0.717) is 13.2 Å². The molecule has 0 amide bonds. The largest absolute Gasteiger partial charge is 0.465 e. The highest BCUT2D eigenvalue weighted by Crippen LogP contribution is 1.94. The molecule has 0 atom stereocenters. The molecule has 14 heavy (non-hydrogen) atoms. The van der Waals surface area contributed by atoms with Crippen LogP contribution in [0, 0.1) is 0 Å². The van der Waals surface area contributed by atoms with E-state index in [1.807, 2.05) is 11.9 Å². The van der Waals surface area contributed by atoms with Crippen molar-refractivity contribution in [1.82, 2.24) is 4.90 Å². The SMILES string of the molecule is CCCCOC(=O)CN(C)CCCC. The van der Waals surface area contributed by atoms with Crippen molar-refractivity contribution in [1.29, 1.82) is 0 Å². The Labute approximate surface area is 87.4 Å². The van der Waals surface area contributed by atoms with Gasteiger partial charge >= 0.3 is 5.97 Å². The van der Waals surface area contributed by atoms with Crippen molar-refractivity contribution in [2.75, 3.05) is 26.7 Å². The summed E-state index contributed by atoms with van der Waals surface area (Å²) in [5, 5.41) is 0. The van der Waals surface area contributed by atoms with Crippen LogP contribution in [0.5, 0.6) is 0 Å². The minimum atomic E-state index is -0.1000. The summed E-state index contributed by atoms with van der Waals surface area (Å²) in [6.45, 7) is 6.19. The van der Waals surface area contributed by atoms with Gasteiger partial charge in [0, 0.05) is 0 Å². The Morgan fingerprint density at radius 3 is 2.43 bits per heavy atom. The molecule has 0 saturated carbocycles. The van der Waals surface area contributed by atoms with Crippen LogP contribution in [0.1, 0.15) is 39.5 Å². The summed E-state index contributed by atoms with van der Waals surface area (Å²) in [7, 11) is 1.96. The van der Waals surface area contributed by atoms with Crippen molar-refractivity contribution in [2.24, 2.45) is 0 Å². The van der Waals surface area contributed by atoms with Crippen molar-refractivity contribution >= 4 is 5.97 Å². The highest BCUT2D eigenvalue weighted by atomic mass is 16.5. The number of rotatable bonds is 8. The molecular formula is C11H23NO2. The van der Waals surface area contributed by atoms with Crippen LogP contribution in [0.2, 0.25) is 0 Å². The first kappa shape index (κ1) is 13.4. The molecule has 0 aromatic heterocycles. The van der Waals surface area contributed by atoms with Crippen molar-refractivity contribution in [3.8, 4) is 0 Å². The van der Waals surface area contributed by atoms with Gasteiger partial charge in [0.15, 0.2) is 0 Å².